The van der Waals surface area contributed by atoms with Crippen LogP contribution in [-0.4, -0.2) is 16.3 Å². The largest absolute Gasteiger partial charge is 0.385 e. The number of hydrogen-bond acceptors (Lipinski definition) is 2. The Hall–Kier alpha value is -1.77. The molecule has 0 radical (unpaired) electrons. The molecule has 3 heteroatoms. The van der Waals surface area contributed by atoms with E-state index in [4.69, 9.17) is 0 Å². The van der Waals surface area contributed by atoms with Crippen LogP contribution < -0.4 is 5.32 Å². The summed E-state index contributed by atoms with van der Waals surface area (Å²) in [5, 5.41) is 7.89. The van der Waals surface area contributed by atoms with Gasteiger partial charge in [0.05, 0.1) is 6.54 Å². The van der Waals surface area contributed by atoms with E-state index in [9.17, 15) is 0 Å². The van der Waals surface area contributed by atoms with E-state index in [2.05, 4.69) is 41.6 Å². The summed E-state index contributed by atoms with van der Waals surface area (Å²) in [6.07, 6.45) is 9.39. The minimum Gasteiger partial charge on any atom is -0.385 e. The highest BCUT2D eigenvalue weighted by molar-refractivity contribution is 5.45. The molecular formula is C18H25N3. The number of anilines is 1. The van der Waals surface area contributed by atoms with Gasteiger partial charge in [0, 0.05) is 24.6 Å². The topological polar surface area (TPSA) is 29.9 Å². The van der Waals surface area contributed by atoms with Gasteiger partial charge in [0.25, 0.3) is 0 Å². The second-order valence-corrected chi connectivity index (χ2v) is 6.42. The molecule has 1 aromatic carbocycles. The molecule has 3 rings (SSSR count). The second kappa shape index (κ2) is 6.79. The Bertz CT molecular complexity index is 547. The van der Waals surface area contributed by atoms with Crippen molar-refractivity contribution in [3.05, 3.63) is 48.3 Å². The van der Waals surface area contributed by atoms with E-state index in [1.165, 1.54) is 36.9 Å². The minimum atomic E-state index is 0.836. The molecule has 1 saturated carbocycles. The van der Waals surface area contributed by atoms with Gasteiger partial charge in [-0.15, -0.1) is 0 Å². The fourth-order valence-corrected chi connectivity index (χ4v) is 3.37. The number of nitrogens with one attached hydrogen (secondary N) is 1. The van der Waals surface area contributed by atoms with E-state index >= 15 is 0 Å². The third kappa shape index (κ3) is 4.10. The Labute approximate surface area is 127 Å². The molecule has 21 heavy (non-hydrogen) atoms. The summed E-state index contributed by atoms with van der Waals surface area (Å²) in [5.41, 5.74) is 2.53. The molecule has 0 saturated heterocycles. The third-order valence-electron chi connectivity index (χ3n) is 4.47. The molecule has 3 nitrogen and oxygen atoms in total. The summed E-state index contributed by atoms with van der Waals surface area (Å²) in [7, 11) is 0. The molecule has 112 valence electrons. The summed E-state index contributed by atoms with van der Waals surface area (Å²) in [4.78, 5) is 0. The molecule has 2 atom stereocenters. The molecule has 1 N–H and O–H groups in total. The standard InChI is InChI=1S/C18H25N3/c1-15-5-2-6-16(11-15)13-19-18-8-3-7-17(12-18)14-21-10-4-9-20-21/h3-4,7-10,12,15-16,19H,2,5-6,11,13-14H2,1H3. The summed E-state index contributed by atoms with van der Waals surface area (Å²) in [6, 6.07) is 10.7. The fourth-order valence-electron chi connectivity index (χ4n) is 3.37. The van der Waals surface area contributed by atoms with Gasteiger partial charge >= 0.3 is 0 Å². The van der Waals surface area contributed by atoms with Crippen LogP contribution in [-0.2, 0) is 6.54 Å². The summed E-state index contributed by atoms with van der Waals surface area (Å²) >= 11 is 0. The van der Waals surface area contributed by atoms with Crippen LogP contribution in [0.3, 0.4) is 0 Å². The number of rotatable bonds is 5. The molecule has 1 aromatic heterocycles. The predicted octanol–water partition coefficient (Wildman–Crippen LogP) is 4.17. The van der Waals surface area contributed by atoms with Crippen molar-refractivity contribution in [1.29, 1.82) is 0 Å². The van der Waals surface area contributed by atoms with Crippen molar-refractivity contribution >= 4 is 5.69 Å². The van der Waals surface area contributed by atoms with Crippen LogP contribution in [0.15, 0.2) is 42.7 Å². The highest BCUT2D eigenvalue weighted by Gasteiger charge is 2.18. The van der Waals surface area contributed by atoms with E-state index in [1.54, 1.807) is 0 Å². The van der Waals surface area contributed by atoms with Crippen molar-refractivity contribution < 1.29 is 0 Å². The number of benzene rings is 1. The first-order valence-corrected chi connectivity index (χ1v) is 8.10. The number of aromatic nitrogens is 2. The lowest BCUT2D eigenvalue weighted by Crippen LogP contribution is -2.21. The predicted molar refractivity (Wildman–Crippen MR) is 87.4 cm³/mol. The van der Waals surface area contributed by atoms with E-state index < -0.39 is 0 Å². The highest BCUT2D eigenvalue weighted by atomic mass is 15.3. The monoisotopic (exact) mass is 283 g/mol. The number of nitrogens with zero attached hydrogens (tertiary/aromatic N) is 2. The number of hydrogen-bond donors (Lipinski definition) is 1. The zero-order valence-corrected chi connectivity index (χ0v) is 12.8. The van der Waals surface area contributed by atoms with Crippen LogP contribution in [0.4, 0.5) is 5.69 Å². The molecule has 1 aliphatic rings. The zero-order chi connectivity index (χ0) is 14.5. The quantitative estimate of drug-likeness (QED) is 0.892. The molecule has 2 aromatic rings. The average Bonchev–Trinajstić information content (AvgIpc) is 2.99. The molecule has 0 amide bonds. The first-order chi connectivity index (χ1) is 10.3. The molecule has 1 aliphatic carbocycles. The lowest BCUT2D eigenvalue weighted by Gasteiger charge is -2.27. The summed E-state index contributed by atoms with van der Waals surface area (Å²) in [5.74, 6) is 1.74. The first-order valence-electron chi connectivity index (χ1n) is 8.10. The molecule has 0 spiro atoms. The van der Waals surface area contributed by atoms with Gasteiger partial charge in [0.2, 0.25) is 0 Å². The molecule has 0 aliphatic heterocycles. The minimum absolute atomic E-state index is 0.836. The van der Waals surface area contributed by atoms with Gasteiger partial charge in [-0.2, -0.15) is 5.10 Å². The van der Waals surface area contributed by atoms with Crippen molar-refractivity contribution in [2.75, 3.05) is 11.9 Å². The fraction of sp³-hybridized carbons (Fsp3) is 0.500. The maximum absolute atomic E-state index is 4.27. The van der Waals surface area contributed by atoms with Crippen LogP contribution in [0.1, 0.15) is 38.2 Å². The zero-order valence-electron chi connectivity index (χ0n) is 12.8. The van der Waals surface area contributed by atoms with Gasteiger partial charge in [-0.05, 0) is 48.4 Å². The molecule has 1 fully saturated rings. The molecule has 1 heterocycles. The molecule has 0 bridgehead atoms. The van der Waals surface area contributed by atoms with Gasteiger partial charge in [-0.3, -0.25) is 4.68 Å². The van der Waals surface area contributed by atoms with Crippen molar-refractivity contribution in [3.8, 4) is 0 Å². The Kier molecular flexibility index (Phi) is 4.59. The van der Waals surface area contributed by atoms with Crippen LogP contribution >= 0.6 is 0 Å². The first kappa shape index (κ1) is 14.2. The van der Waals surface area contributed by atoms with E-state index in [-0.39, 0.29) is 0 Å². The van der Waals surface area contributed by atoms with Gasteiger partial charge in [-0.1, -0.05) is 31.9 Å². The van der Waals surface area contributed by atoms with Crippen molar-refractivity contribution in [3.63, 3.8) is 0 Å². The smallest absolute Gasteiger partial charge is 0.0660 e. The molecule has 2 unspecified atom stereocenters. The van der Waals surface area contributed by atoms with E-state index in [0.29, 0.717) is 0 Å². The van der Waals surface area contributed by atoms with Gasteiger partial charge < -0.3 is 5.32 Å². The van der Waals surface area contributed by atoms with Crippen LogP contribution in [0.2, 0.25) is 0 Å². The normalized spacial score (nSPS) is 22.1. The van der Waals surface area contributed by atoms with Crippen LogP contribution in [0.25, 0.3) is 0 Å². The van der Waals surface area contributed by atoms with E-state index in [1.807, 2.05) is 23.1 Å². The van der Waals surface area contributed by atoms with Gasteiger partial charge in [0.15, 0.2) is 0 Å². The Morgan fingerprint density at radius 1 is 1.29 bits per heavy atom. The Morgan fingerprint density at radius 2 is 2.24 bits per heavy atom. The summed E-state index contributed by atoms with van der Waals surface area (Å²) in [6.45, 7) is 4.33. The second-order valence-electron chi connectivity index (χ2n) is 6.42. The maximum Gasteiger partial charge on any atom is 0.0660 e. The van der Waals surface area contributed by atoms with Crippen molar-refractivity contribution in [2.45, 2.75) is 39.2 Å². The Balaban J connectivity index is 1.55. The summed E-state index contributed by atoms with van der Waals surface area (Å²) < 4.78 is 1.96. The lowest BCUT2D eigenvalue weighted by atomic mass is 9.82. The average molecular weight is 283 g/mol. The van der Waals surface area contributed by atoms with Crippen molar-refractivity contribution in [1.82, 2.24) is 9.78 Å². The van der Waals surface area contributed by atoms with Gasteiger partial charge in [-0.25, -0.2) is 0 Å². The van der Waals surface area contributed by atoms with Gasteiger partial charge in [0.1, 0.15) is 0 Å². The third-order valence-corrected chi connectivity index (χ3v) is 4.47. The SMILES string of the molecule is CC1CCCC(CNc2cccc(Cn3cccn3)c2)C1. The van der Waals surface area contributed by atoms with E-state index in [0.717, 1.165) is 24.9 Å². The molecular weight excluding hydrogens is 258 g/mol. The van der Waals surface area contributed by atoms with Crippen LogP contribution in [0, 0.1) is 11.8 Å². The maximum atomic E-state index is 4.27. The lowest BCUT2D eigenvalue weighted by molar-refractivity contribution is 0.293. The van der Waals surface area contributed by atoms with Crippen molar-refractivity contribution in [2.24, 2.45) is 11.8 Å². The highest BCUT2D eigenvalue weighted by Crippen LogP contribution is 2.28. The van der Waals surface area contributed by atoms with Crippen LogP contribution in [0.5, 0.6) is 0 Å². The Morgan fingerprint density at radius 3 is 3.05 bits per heavy atom.